The van der Waals surface area contributed by atoms with Crippen LogP contribution in [-0.4, -0.2) is 58.7 Å². The van der Waals surface area contributed by atoms with Gasteiger partial charge in [0.05, 0.1) is 5.75 Å². The number of carbonyl (C=O) groups is 2. The summed E-state index contributed by atoms with van der Waals surface area (Å²) in [6.07, 6.45) is 0. The molecule has 2 aromatic carbocycles. The van der Waals surface area contributed by atoms with Crippen LogP contribution in [0.15, 0.2) is 64.2 Å². The van der Waals surface area contributed by atoms with E-state index in [1.165, 1.54) is 11.8 Å². The van der Waals surface area contributed by atoms with Gasteiger partial charge in [-0.1, -0.05) is 42.1 Å². The lowest BCUT2D eigenvalue weighted by atomic mass is 10.3. The third-order valence-electron chi connectivity index (χ3n) is 4.54. The van der Waals surface area contributed by atoms with Crippen molar-refractivity contribution in [2.45, 2.75) is 5.22 Å². The predicted molar refractivity (Wildman–Crippen MR) is 108 cm³/mol. The second-order valence-electron chi connectivity index (χ2n) is 6.40. The molecule has 0 aliphatic carbocycles. The SMILES string of the molecule is O=C(CSc1nc2ccccc2o1)N1CCN(C(=O)Nc2ccccc2)CC1. The molecule has 8 heteroatoms. The first-order valence-electron chi connectivity index (χ1n) is 9.06. The molecular weight excluding hydrogens is 376 g/mol. The van der Waals surface area contributed by atoms with E-state index in [2.05, 4.69) is 10.3 Å². The van der Waals surface area contributed by atoms with Crippen molar-refractivity contribution < 1.29 is 14.0 Å². The number of hydrogen-bond acceptors (Lipinski definition) is 5. The largest absolute Gasteiger partial charge is 0.431 e. The minimum absolute atomic E-state index is 0.0235. The molecule has 0 bridgehead atoms. The first-order chi connectivity index (χ1) is 13.7. The first kappa shape index (κ1) is 18.4. The number of para-hydroxylation sites is 3. The molecule has 0 unspecified atom stereocenters. The summed E-state index contributed by atoms with van der Waals surface area (Å²) in [6, 6.07) is 16.7. The molecule has 4 rings (SSSR count). The number of piperazine rings is 1. The van der Waals surface area contributed by atoms with E-state index in [1.54, 1.807) is 9.80 Å². The van der Waals surface area contributed by atoms with Crippen LogP contribution in [0.5, 0.6) is 0 Å². The van der Waals surface area contributed by atoms with Crippen LogP contribution < -0.4 is 5.32 Å². The smallest absolute Gasteiger partial charge is 0.321 e. The molecule has 3 aromatic rings. The van der Waals surface area contributed by atoms with Crippen LogP contribution in [0.25, 0.3) is 11.1 Å². The normalized spacial score (nSPS) is 14.3. The van der Waals surface area contributed by atoms with E-state index in [1.807, 2.05) is 54.6 Å². The number of hydrogen-bond donors (Lipinski definition) is 1. The molecule has 1 aliphatic heterocycles. The van der Waals surface area contributed by atoms with Gasteiger partial charge in [-0.15, -0.1) is 0 Å². The fourth-order valence-corrected chi connectivity index (χ4v) is 3.75. The molecule has 1 saturated heterocycles. The van der Waals surface area contributed by atoms with Gasteiger partial charge in [0.1, 0.15) is 5.52 Å². The van der Waals surface area contributed by atoms with Crippen LogP contribution in [-0.2, 0) is 4.79 Å². The number of fused-ring (bicyclic) bond motifs is 1. The molecule has 2 heterocycles. The summed E-state index contributed by atoms with van der Waals surface area (Å²) >= 11 is 1.29. The average molecular weight is 396 g/mol. The van der Waals surface area contributed by atoms with Gasteiger partial charge >= 0.3 is 6.03 Å². The molecule has 7 nitrogen and oxygen atoms in total. The summed E-state index contributed by atoms with van der Waals surface area (Å²) in [5, 5.41) is 3.37. The second-order valence-corrected chi connectivity index (χ2v) is 7.33. The Balaban J connectivity index is 1.25. The van der Waals surface area contributed by atoms with E-state index >= 15 is 0 Å². The lowest BCUT2D eigenvalue weighted by Gasteiger charge is -2.34. The number of urea groups is 1. The number of rotatable bonds is 4. The summed E-state index contributed by atoms with van der Waals surface area (Å²) in [6.45, 7) is 2.07. The number of aromatic nitrogens is 1. The Morgan fingerprint density at radius 2 is 1.64 bits per heavy atom. The zero-order valence-corrected chi connectivity index (χ0v) is 16.0. The first-order valence-corrected chi connectivity index (χ1v) is 10.0. The Labute approximate surface area is 166 Å². The molecule has 1 fully saturated rings. The average Bonchev–Trinajstić information content (AvgIpc) is 3.16. The van der Waals surface area contributed by atoms with E-state index in [-0.39, 0.29) is 17.7 Å². The predicted octanol–water partition coefficient (Wildman–Crippen LogP) is 3.30. The van der Waals surface area contributed by atoms with E-state index < -0.39 is 0 Å². The quantitative estimate of drug-likeness (QED) is 0.685. The van der Waals surface area contributed by atoms with E-state index in [9.17, 15) is 9.59 Å². The topological polar surface area (TPSA) is 78.7 Å². The van der Waals surface area contributed by atoms with Crippen molar-refractivity contribution in [1.29, 1.82) is 0 Å². The number of anilines is 1. The van der Waals surface area contributed by atoms with Gasteiger partial charge in [-0.2, -0.15) is 0 Å². The minimum atomic E-state index is -0.140. The highest BCUT2D eigenvalue weighted by Crippen LogP contribution is 2.23. The number of nitrogens with one attached hydrogen (secondary N) is 1. The number of carbonyl (C=O) groups excluding carboxylic acids is 2. The van der Waals surface area contributed by atoms with Gasteiger partial charge in [-0.25, -0.2) is 9.78 Å². The highest BCUT2D eigenvalue weighted by atomic mass is 32.2. The van der Waals surface area contributed by atoms with Gasteiger partial charge in [-0.3, -0.25) is 4.79 Å². The lowest BCUT2D eigenvalue weighted by Crippen LogP contribution is -2.52. The molecule has 1 aromatic heterocycles. The number of amides is 3. The maximum Gasteiger partial charge on any atom is 0.321 e. The fourth-order valence-electron chi connectivity index (χ4n) is 3.01. The van der Waals surface area contributed by atoms with Crippen LogP contribution >= 0.6 is 11.8 Å². The van der Waals surface area contributed by atoms with Gasteiger partial charge in [0.25, 0.3) is 5.22 Å². The zero-order chi connectivity index (χ0) is 19.3. The van der Waals surface area contributed by atoms with Gasteiger partial charge in [-0.05, 0) is 24.3 Å². The van der Waals surface area contributed by atoms with Crippen LogP contribution in [0, 0.1) is 0 Å². The van der Waals surface area contributed by atoms with Crippen LogP contribution in [0.2, 0.25) is 0 Å². The van der Waals surface area contributed by atoms with Gasteiger partial charge in [0, 0.05) is 31.9 Å². The number of thioether (sulfide) groups is 1. The third kappa shape index (κ3) is 4.28. The molecular formula is C20H20N4O3S. The maximum absolute atomic E-state index is 12.5. The van der Waals surface area contributed by atoms with E-state index in [4.69, 9.17) is 4.42 Å². The molecule has 0 spiro atoms. The molecule has 3 amide bonds. The van der Waals surface area contributed by atoms with Crippen molar-refractivity contribution in [3.8, 4) is 0 Å². The maximum atomic E-state index is 12.5. The Morgan fingerprint density at radius 3 is 2.39 bits per heavy atom. The van der Waals surface area contributed by atoms with E-state index in [0.29, 0.717) is 31.4 Å². The molecule has 28 heavy (non-hydrogen) atoms. The summed E-state index contributed by atoms with van der Waals surface area (Å²) in [7, 11) is 0. The molecule has 144 valence electrons. The zero-order valence-electron chi connectivity index (χ0n) is 15.2. The summed E-state index contributed by atoms with van der Waals surface area (Å²) in [5.41, 5.74) is 2.27. The van der Waals surface area contributed by atoms with Crippen molar-refractivity contribution >= 4 is 40.5 Å². The Morgan fingerprint density at radius 1 is 0.964 bits per heavy atom. The minimum Gasteiger partial charge on any atom is -0.431 e. The number of nitrogens with zero attached hydrogens (tertiary/aromatic N) is 3. The van der Waals surface area contributed by atoms with Crippen molar-refractivity contribution in [1.82, 2.24) is 14.8 Å². The van der Waals surface area contributed by atoms with Gasteiger partial charge in [0.15, 0.2) is 5.58 Å². The Bertz CT molecular complexity index is 935. The fraction of sp³-hybridized carbons (Fsp3) is 0.250. The molecule has 0 radical (unpaired) electrons. The monoisotopic (exact) mass is 396 g/mol. The molecule has 1 aliphatic rings. The summed E-state index contributed by atoms with van der Waals surface area (Å²) < 4.78 is 5.63. The van der Waals surface area contributed by atoms with Crippen LogP contribution in [0.1, 0.15) is 0 Å². The third-order valence-corrected chi connectivity index (χ3v) is 5.35. The second kappa shape index (κ2) is 8.35. The van der Waals surface area contributed by atoms with Crippen molar-refractivity contribution in [3.05, 3.63) is 54.6 Å². The Hall–Kier alpha value is -3.00. The highest BCUT2D eigenvalue weighted by molar-refractivity contribution is 7.99. The molecule has 1 N–H and O–H groups in total. The molecule has 0 atom stereocenters. The standard InChI is InChI=1S/C20H20N4O3S/c25-18(14-28-20-22-16-8-4-5-9-17(16)27-20)23-10-12-24(13-11-23)19(26)21-15-6-2-1-3-7-15/h1-9H,10-14H2,(H,21,26). The summed E-state index contributed by atoms with van der Waals surface area (Å²) in [4.78, 5) is 32.7. The number of benzene rings is 2. The molecule has 0 saturated carbocycles. The van der Waals surface area contributed by atoms with Crippen LogP contribution in [0.3, 0.4) is 0 Å². The highest BCUT2D eigenvalue weighted by Gasteiger charge is 2.24. The van der Waals surface area contributed by atoms with E-state index in [0.717, 1.165) is 16.8 Å². The van der Waals surface area contributed by atoms with Crippen molar-refractivity contribution in [2.24, 2.45) is 0 Å². The van der Waals surface area contributed by atoms with Crippen LogP contribution in [0.4, 0.5) is 10.5 Å². The van der Waals surface area contributed by atoms with Crippen molar-refractivity contribution in [3.63, 3.8) is 0 Å². The van der Waals surface area contributed by atoms with Gasteiger partial charge < -0.3 is 19.5 Å². The van der Waals surface area contributed by atoms with Crippen molar-refractivity contribution in [2.75, 3.05) is 37.2 Å². The van der Waals surface area contributed by atoms with Gasteiger partial charge in [0.2, 0.25) is 5.91 Å². The Kier molecular flexibility index (Phi) is 5.48. The number of oxazole rings is 1. The summed E-state index contributed by atoms with van der Waals surface area (Å²) in [5.74, 6) is 0.290. The lowest BCUT2D eigenvalue weighted by molar-refractivity contribution is -0.129.